The van der Waals surface area contributed by atoms with Gasteiger partial charge in [0.1, 0.15) is 0 Å². The quantitative estimate of drug-likeness (QED) is 0.712. The van der Waals surface area contributed by atoms with Gasteiger partial charge in [0.25, 0.3) is 5.91 Å². The van der Waals surface area contributed by atoms with Crippen LogP contribution in [0.5, 0.6) is 0 Å². The molecule has 1 fully saturated rings. The number of rotatable bonds is 7. The third kappa shape index (κ3) is 6.16. The molecule has 1 amide bonds. The largest absolute Gasteiger partial charge is 0.345 e. The van der Waals surface area contributed by atoms with Crippen LogP contribution in [0.25, 0.3) is 0 Å². The molecule has 1 aliphatic rings. The van der Waals surface area contributed by atoms with Crippen LogP contribution >= 0.6 is 0 Å². The lowest BCUT2D eigenvalue weighted by Crippen LogP contribution is -2.28. The maximum absolute atomic E-state index is 12.7. The SMILES string of the molecule is CC[C@@H](NC(=O)c1ccc(CN2CCCCCC2)cc1)c1ccc(S(C)(=O)=O)cc1. The molecule has 0 saturated carbocycles. The monoisotopic (exact) mass is 428 g/mol. The number of sulfone groups is 1. The van der Waals surface area contributed by atoms with Crippen molar-refractivity contribution in [2.45, 2.75) is 56.5 Å². The first-order chi connectivity index (χ1) is 14.4. The minimum atomic E-state index is -3.23. The summed E-state index contributed by atoms with van der Waals surface area (Å²) in [6, 6.07) is 14.4. The number of nitrogens with one attached hydrogen (secondary N) is 1. The van der Waals surface area contributed by atoms with Crippen molar-refractivity contribution >= 4 is 15.7 Å². The number of nitrogens with zero attached hydrogens (tertiary/aromatic N) is 1. The van der Waals surface area contributed by atoms with Gasteiger partial charge in [-0.05, 0) is 67.7 Å². The summed E-state index contributed by atoms with van der Waals surface area (Å²) in [5.41, 5.74) is 2.77. The van der Waals surface area contributed by atoms with Crippen molar-refractivity contribution in [2.24, 2.45) is 0 Å². The van der Waals surface area contributed by atoms with Gasteiger partial charge in [0.15, 0.2) is 9.84 Å². The van der Waals surface area contributed by atoms with Crippen molar-refractivity contribution in [1.29, 1.82) is 0 Å². The van der Waals surface area contributed by atoms with Crippen LogP contribution in [0.15, 0.2) is 53.4 Å². The normalized spacial score (nSPS) is 16.6. The molecule has 0 aliphatic carbocycles. The Balaban J connectivity index is 1.62. The third-order valence-corrected chi connectivity index (χ3v) is 6.87. The highest BCUT2D eigenvalue weighted by molar-refractivity contribution is 7.90. The Bertz CT molecular complexity index is 929. The zero-order valence-electron chi connectivity index (χ0n) is 17.9. The zero-order chi connectivity index (χ0) is 21.6. The lowest BCUT2D eigenvalue weighted by atomic mass is 10.0. The average molecular weight is 429 g/mol. The molecule has 5 nitrogen and oxygen atoms in total. The minimum absolute atomic E-state index is 0.115. The first-order valence-corrected chi connectivity index (χ1v) is 12.7. The predicted octanol–water partition coefficient (Wildman–Crippen LogP) is 4.35. The molecule has 162 valence electrons. The molecule has 0 radical (unpaired) electrons. The summed E-state index contributed by atoms with van der Waals surface area (Å²) in [5, 5.41) is 3.07. The molecular formula is C24H32N2O3S. The number of hydrogen-bond acceptors (Lipinski definition) is 4. The number of carbonyl (C=O) groups is 1. The standard InChI is InChI=1S/C24H32N2O3S/c1-3-23(20-12-14-22(15-13-20)30(2,28)29)25-24(27)21-10-8-19(9-11-21)18-26-16-6-4-5-7-17-26/h8-15,23H,3-7,16-18H2,1-2H3,(H,25,27)/t23-/m1/s1. The van der Waals surface area contributed by atoms with Crippen molar-refractivity contribution in [3.63, 3.8) is 0 Å². The van der Waals surface area contributed by atoms with Gasteiger partial charge in [0.05, 0.1) is 10.9 Å². The van der Waals surface area contributed by atoms with E-state index >= 15 is 0 Å². The maximum atomic E-state index is 12.7. The predicted molar refractivity (Wildman–Crippen MR) is 120 cm³/mol. The molecule has 1 N–H and O–H groups in total. The van der Waals surface area contributed by atoms with E-state index in [0.717, 1.165) is 31.6 Å². The Kier molecular flexibility index (Phi) is 7.67. The summed E-state index contributed by atoms with van der Waals surface area (Å²) < 4.78 is 23.3. The van der Waals surface area contributed by atoms with Crippen molar-refractivity contribution in [3.8, 4) is 0 Å². The summed E-state index contributed by atoms with van der Waals surface area (Å²) >= 11 is 0. The summed E-state index contributed by atoms with van der Waals surface area (Å²) in [6.07, 6.45) is 7.10. The van der Waals surface area contributed by atoms with E-state index in [1.54, 1.807) is 24.3 Å². The smallest absolute Gasteiger partial charge is 0.251 e. The van der Waals surface area contributed by atoms with Crippen LogP contribution in [-0.4, -0.2) is 38.6 Å². The Labute approximate surface area is 180 Å². The molecule has 1 saturated heterocycles. The molecule has 2 aromatic carbocycles. The lowest BCUT2D eigenvalue weighted by molar-refractivity contribution is 0.0935. The van der Waals surface area contributed by atoms with Gasteiger partial charge in [0, 0.05) is 18.4 Å². The van der Waals surface area contributed by atoms with E-state index in [9.17, 15) is 13.2 Å². The summed E-state index contributed by atoms with van der Waals surface area (Å²) in [7, 11) is -3.23. The molecule has 1 atom stereocenters. The van der Waals surface area contributed by atoms with Gasteiger partial charge in [-0.1, -0.05) is 44.0 Å². The number of benzene rings is 2. The fourth-order valence-corrected chi connectivity index (χ4v) is 4.55. The summed E-state index contributed by atoms with van der Waals surface area (Å²) in [5.74, 6) is -0.115. The van der Waals surface area contributed by atoms with E-state index in [1.807, 2.05) is 31.2 Å². The van der Waals surface area contributed by atoms with E-state index in [-0.39, 0.29) is 16.8 Å². The Morgan fingerprint density at radius 2 is 1.57 bits per heavy atom. The number of hydrogen-bond donors (Lipinski definition) is 1. The van der Waals surface area contributed by atoms with Gasteiger partial charge < -0.3 is 5.32 Å². The third-order valence-electron chi connectivity index (χ3n) is 5.75. The maximum Gasteiger partial charge on any atom is 0.251 e. The highest BCUT2D eigenvalue weighted by Crippen LogP contribution is 2.20. The zero-order valence-corrected chi connectivity index (χ0v) is 18.7. The summed E-state index contributed by atoms with van der Waals surface area (Å²) in [4.78, 5) is 15.5. The number of carbonyl (C=O) groups excluding carboxylic acids is 1. The average Bonchev–Trinajstić information content (AvgIpc) is 3.00. The molecule has 0 spiro atoms. The van der Waals surface area contributed by atoms with Crippen molar-refractivity contribution < 1.29 is 13.2 Å². The summed E-state index contributed by atoms with van der Waals surface area (Å²) in [6.45, 7) is 5.24. The van der Waals surface area contributed by atoms with E-state index in [1.165, 1.54) is 37.5 Å². The van der Waals surface area contributed by atoms with Crippen molar-refractivity contribution in [2.75, 3.05) is 19.3 Å². The van der Waals surface area contributed by atoms with Gasteiger partial charge in [-0.25, -0.2) is 8.42 Å². The van der Waals surface area contributed by atoms with Crippen LogP contribution in [0.1, 0.15) is 66.6 Å². The molecule has 0 unspecified atom stereocenters. The highest BCUT2D eigenvalue weighted by atomic mass is 32.2. The topological polar surface area (TPSA) is 66.5 Å². The number of likely N-dealkylation sites (tertiary alicyclic amines) is 1. The molecule has 30 heavy (non-hydrogen) atoms. The van der Waals surface area contributed by atoms with Gasteiger partial charge in [-0.2, -0.15) is 0 Å². The molecule has 2 aromatic rings. The van der Waals surface area contributed by atoms with Crippen LogP contribution in [0.2, 0.25) is 0 Å². The van der Waals surface area contributed by atoms with E-state index in [0.29, 0.717) is 5.56 Å². The lowest BCUT2D eigenvalue weighted by Gasteiger charge is -2.20. The fraction of sp³-hybridized carbons (Fsp3) is 0.458. The second kappa shape index (κ2) is 10.2. The molecule has 6 heteroatoms. The first kappa shape index (κ1) is 22.5. The minimum Gasteiger partial charge on any atom is -0.345 e. The Hall–Kier alpha value is -2.18. The molecule has 1 aliphatic heterocycles. The molecule has 3 rings (SSSR count). The van der Waals surface area contributed by atoms with Crippen LogP contribution in [-0.2, 0) is 16.4 Å². The van der Waals surface area contributed by atoms with Crippen LogP contribution in [0.3, 0.4) is 0 Å². The van der Waals surface area contributed by atoms with Gasteiger partial charge >= 0.3 is 0 Å². The molecule has 0 bridgehead atoms. The van der Waals surface area contributed by atoms with Crippen LogP contribution in [0.4, 0.5) is 0 Å². The van der Waals surface area contributed by atoms with E-state index < -0.39 is 9.84 Å². The molecule has 0 aromatic heterocycles. The van der Waals surface area contributed by atoms with Crippen LogP contribution in [0, 0.1) is 0 Å². The van der Waals surface area contributed by atoms with Crippen LogP contribution < -0.4 is 5.32 Å². The fourth-order valence-electron chi connectivity index (χ4n) is 3.92. The second-order valence-electron chi connectivity index (χ2n) is 8.16. The number of amides is 1. The van der Waals surface area contributed by atoms with Crippen molar-refractivity contribution in [3.05, 3.63) is 65.2 Å². The van der Waals surface area contributed by atoms with Gasteiger partial charge in [-0.3, -0.25) is 9.69 Å². The molecular weight excluding hydrogens is 396 g/mol. The van der Waals surface area contributed by atoms with Gasteiger partial charge in [-0.15, -0.1) is 0 Å². The second-order valence-corrected chi connectivity index (χ2v) is 10.2. The van der Waals surface area contributed by atoms with Crippen molar-refractivity contribution in [1.82, 2.24) is 10.2 Å². The van der Waals surface area contributed by atoms with E-state index in [2.05, 4.69) is 10.2 Å². The first-order valence-electron chi connectivity index (χ1n) is 10.8. The highest BCUT2D eigenvalue weighted by Gasteiger charge is 2.16. The van der Waals surface area contributed by atoms with Gasteiger partial charge in [0.2, 0.25) is 0 Å². The van der Waals surface area contributed by atoms with E-state index in [4.69, 9.17) is 0 Å². The Morgan fingerprint density at radius 1 is 0.967 bits per heavy atom. The Morgan fingerprint density at radius 3 is 2.10 bits per heavy atom. The molecule has 1 heterocycles.